The second kappa shape index (κ2) is 7.03. The highest BCUT2D eigenvalue weighted by Gasteiger charge is 2.48. The van der Waals surface area contributed by atoms with Crippen molar-refractivity contribution in [2.75, 3.05) is 20.1 Å². The Hall–Kier alpha value is -1.95. The lowest BCUT2D eigenvalue weighted by atomic mass is 9.80. The quantitative estimate of drug-likeness (QED) is 0.486. The van der Waals surface area contributed by atoms with Crippen molar-refractivity contribution < 1.29 is 18.9 Å². The van der Waals surface area contributed by atoms with E-state index in [4.69, 9.17) is 53.8 Å². The van der Waals surface area contributed by atoms with Crippen LogP contribution < -0.4 is 18.9 Å². The van der Waals surface area contributed by atoms with Crippen LogP contribution in [0, 0.1) is 0 Å². The van der Waals surface area contributed by atoms with Crippen molar-refractivity contribution >= 4 is 46.1 Å². The highest BCUT2D eigenvalue weighted by atomic mass is 35.6. The lowest BCUT2D eigenvalue weighted by molar-refractivity contribution is 0.171. The van der Waals surface area contributed by atoms with Crippen LogP contribution in [0.15, 0.2) is 24.3 Å². The van der Waals surface area contributed by atoms with Crippen LogP contribution in [-0.2, 0) is 6.42 Å². The molecule has 0 unspecified atom stereocenters. The lowest BCUT2D eigenvalue weighted by Gasteiger charge is -2.47. The predicted molar refractivity (Wildman–Crippen MR) is 120 cm³/mol. The monoisotopic (exact) mass is 479 g/mol. The van der Waals surface area contributed by atoms with E-state index < -0.39 is 9.83 Å². The molecule has 0 aromatic heterocycles. The number of nitrogens with zero attached hydrogens (tertiary/aromatic N) is 1. The number of benzene rings is 2. The molecule has 2 aromatic carbocycles. The van der Waals surface area contributed by atoms with Crippen molar-refractivity contribution in [2.45, 2.75) is 36.0 Å². The molecule has 8 heteroatoms. The number of allylic oxidation sites excluding steroid dienone is 1. The fraction of sp³-hybridized carbons (Fsp3) is 0.391. The van der Waals surface area contributed by atoms with E-state index in [9.17, 15) is 0 Å². The van der Waals surface area contributed by atoms with Gasteiger partial charge in [-0.25, -0.2) is 0 Å². The molecule has 4 heterocycles. The van der Waals surface area contributed by atoms with Gasteiger partial charge >= 0.3 is 0 Å². The zero-order valence-corrected chi connectivity index (χ0v) is 19.1. The van der Waals surface area contributed by atoms with Gasteiger partial charge in [0.25, 0.3) is 0 Å². The van der Waals surface area contributed by atoms with Gasteiger partial charge in [0, 0.05) is 23.4 Å². The molecule has 1 atom stereocenters. The average molecular weight is 481 g/mol. The summed E-state index contributed by atoms with van der Waals surface area (Å²) in [4.78, 5) is 2.23. The summed E-state index contributed by atoms with van der Waals surface area (Å²) in [6.07, 6.45) is 2.69. The van der Waals surface area contributed by atoms with Crippen molar-refractivity contribution in [2.24, 2.45) is 0 Å². The van der Waals surface area contributed by atoms with Crippen molar-refractivity contribution in [1.29, 1.82) is 0 Å². The molecule has 0 fully saturated rings. The zero-order valence-electron chi connectivity index (χ0n) is 16.8. The molecule has 0 amide bonds. The normalized spacial score (nSPS) is 20.5. The fourth-order valence-electron chi connectivity index (χ4n) is 5.17. The van der Waals surface area contributed by atoms with Crippen LogP contribution >= 0.6 is 34.8 Å². The second-order valence-corrected chi connectivity index (χ2v) is 10.5. The molecule has 6 rings (SSSR count). The number of rotatable bonds is 2. The minimum atomic E-state index is -1.56. The fourth-order valence-corrected chi connectivity index (χ4v) is 5.85. The summed E-state index contributed by atoms with van der Waals surface area (Å²) in [6.45, 7) is 3.31. The molecular formula is C23H20Cl3NO4. The van der Waals surface area contributed by atoms with Crippen LogP contribution in [-0.4, -0.2) is 28.8 Å². The van der Waals surface area contributed by atoms with E-state index in [1.54, 1.807) is 0 Å². The largest absolute Gasteiger partial charge is 0.454 e. The summed E-state index contributed by atoms with van der Waals surface area (Å²) in [5.74, 6) is 2.92. The number of hydrogen-bond donors (Lipinski definition) is 0. The van der Waals surface area contributed by atoms with Gasteiger partial charge in [0.15, 0.2) is 23.0 Å². The highest BCUT2D eigenvalue weighted by Crippen LogP contribution is 2.59. The van der Waals surface area contributed by atoms with Gasteiger partial charge in [-0.15, -0.1) is 0 Å². The van der Waals surface area contributed by atoms with Crippen molar-refractivity contribution in [1.82, 2.24) is 4.90 Å². The molecule has 0 saturated heterocycles. The molecule has 4 aliphatic rings. The maximum absolute atomic E-state index is 6.63. The zero-order chi connectivity index (χ0) is 21.3. The van der Waals surface area contributed by atoms with E-state index in [0.717, 1.165) is 59.7 Å². The summed E-state index contributed by atoms with van der Waals surface area (Å²) in [5, 5.41) is 0. The predicted octanol–water partition coefficient (Wildman–Crippen LogP) is 6.10. The Morgan fingerprint density at radius 1 is 0.968 bits per heavy atom. The second-order valence-electron chi connectivity index (χ2n) is 8.09. The van der Waals surface area contributed by atoms with E-state index >= 15 is 0 Å². The molecule has 0 radical (unpaired) electrons. The molecule has 2 aromatic rings. The van der Waals surface area contributed by atoms with Crippen molar-refractivity contribution in [3.63, 3.8) is 0 Å². The van der Waals surface area contributed by atoms with E-state index in [-0.39, 0.29) is 13.6 Å². The summed E-state index contributed by atoms with van der Waals surface area (Å²) < 4.78 is 21.3. The number of fused-ring (bicyclic) bond motifs is 7. The first kappa shape index (κ1) is 19.7. The summed E-state index contributed by atoms with van der Waals surface area (Å²) in [6, 6.07) is 7.68. The average Bonchev–Trinajstić information content (AvgIpc) is 3.39. The molecule has 5 nitrogen and oxygen atoms in total. The van der Waals surface area contributed by atoms with Crippen molar-refractivity contribution in [3.8, 4) is 23.0 Å². The molecule has 0 aliphatic carbocycles. The van der Waals surface area contributed by atoms with Gasteiger partial charge in [0.1, 0.15) is 6.04 Å². The van der Waals surface area contributed by atoms with Gasteiger partial charge in [0.05, 0.1) is 0 Å². The molecule has 0 spiro atoms. The summed E-state index contributed by atoms with van der Waals surface area (Å²) in [5.41, 5.74) is 6.61. The van der Waals surface area contributed by atoms with Crippen LogP contribution in [0.2, 0.25) is 0 Å². The third kappa shape index (κ3) is 2.90. The van der Waals surface area contributed by atoms with E-state index in [1.807, 2.05) is 6.07 Å². The van der Waals surface area contributed by atoms with Gasteiger partial charge in [-0.05, 0) is 47.7 Å². The maximum Gasteiger partial charge on any atom is 0.231 e. The van der Waals surface area contributed by atoms with Gasteiger partial charge < -0.3 is 23.8 Å². The number of ether oxygens (including phenoxy) is 4. The van der Waals surface area contributed by atoms with Crippen LogP contribution in [0.4, 0.5) is 0 Å². The van der Waals surface area contributed by atoms with Crippen LogP contribution in [0.5, 0.6) is 23.0 Å². The Labute approximate surface area is 195 Å². The Morgan fingerprint density at radius 3 is 2.48 bits per heavy atom. The molecule has 162 valence electrons. The highest BCUT2D eigenvalue weighted by molar-refractivity contribution is 6.68. The smallest absolute Gasteiger partial charge is 0.231 e. The van der Waals surface area contributed by atoms with E-state index in [2.05, 4.69) is 30.0 Å². The van der Waals surface area contributed by atoms with Gasteiger partial charge in [-0.3, -0.25) is 0 Å². The molecule has 0 saturated carbocycles. The van der Waals surface area contributed by atoms with Gasteiger partial charge in [0.2, 0.25) is 17.4 Å². The minimum absolute atomic E-state index is 0.171. The Morgan fingerprint density at radius 2 is 1.71 bits per heavy atom. The third-order valence-corrected chi connectivity index (χ3v) is 6.97. The molecule has 0 bridgehead atoms. The minimum Gasteiger partial charge on any atom is -0.454 e. The molecule has 4 aliphatic heterocycles. The topological polar surface area (TPSA) is 40.2 Å². The standard InChI is InChI=1S/C23H20Cl3NO4/c1-2-3-14-13-4-5-16-21(31-11-28-16)19(13)22(23(24,25)26)27-7-6-12-8-17-18(30-10-29-17)9-15(12)20(14)27/h4-5,8-9,22H,2-3,6-7,10-11H2,1H3/t22-/m0/s1. The Balaban J connectivity index is 1.66. The third-order valence-electron chi connectivity index (χ3n) is 6.35. The SMILES string of the molecule is CCCC1=C2c3cc4c(cc3CCN2[C@H](C(Cl)(Cl)Cl)c2c1ccc1c2OCO1)OCO4. The maximum atomic E-state index is 6.63. The lowest BCUT2D eigenvalue weighted by Crippen LogP contribution is -2.42. The molecular weight excluding hydrogens is 461 g/mol. The Bertz CT molecular complexity index is 1120. The van der Waals surface area contributed by atoms with Gasteiger partial charge in [-0.2, -0.15) is 0 Å². The summed E-state index contributed by atoms with van der Waals surface area (Å²) >= 11 is 19.9. The first-order valence-corrected chi connectivity index (χ1v) is 11.5. The van der Waals surface area contributed by atoms with Crippen LogP contribution in [0.25, 0.3) is 11.3 Å². The summed E-state index contributed by atoms with van der Waals surface area (Å²) in [7, 11) is 0. The van der Waals surface area contributed by atoms with E-state index in [1.165, 1.54) is 11.1 Å². The number of alkyl halides is 3. The number of halogens is 3. The first-order valence-electron chi connectivity index (χ1n) is 10.4. The van der Waals surface area contributed by atoms with Crippen molar-refractivity contribution in [3.05, 3.63) is 46.5 Å². The van der Waals surface area contributed by atoms with Crippen LogP contribution in [0.1, 0.15) is 48.1 Å². The first-order chi connectivity index (χ1) is 15.0. The van der Waals surface area contributed by atoms with E-state index in [0.29, 0.717) is 11.5 Å². The molecule has 31 heavy (non-hydrogen) atoms. The van der Waals surface area contributed by atoms with Crippen LogP contribution in [0.3, 0.4) is 0 Å². The van der Waals surface area contributed by atoms with Gasteiger partial charge in [-0.1, -0.05) is 54.2 Å². The number of hydrogen-bond acceptors (Lipinski definition) is 5. The Kier molecular flexibility index (Phi) is 4.47. The molecule has 0 N–H and O–H groups in total.